The number of pyridine rings is 1. The van der Waals surface area contributed by atoms with Crippen molar-refractivity contribution in [2.24, 2.45) is 4.99 Å². The van der Waals surface area contributed by atoms with Gasteiger partial charge in [-0.3, -0.25) is 14.9 Å². The van der Waals surface area contributed by atoms with Gasteiger partial charge in [0.05, 0.1) is 45.7 Å². The van der Waals surface area contributed by atoms with Gasteiger partial charge in [-0.1, -0.05) is 0 Å². The van der Waals surface area contributed by atoms with Crippen LogP contribution in [-0.2, 0) is 18.0 Å². The Balaban J connectivity index is 1.33. The molecule has 0 bridgehead atoms. The van der Waals surface area contributed by atoms with E-state index in [-0.39, 0.29) is 47.3 Å². The van der Waals surface area contributed by atoms with E-state index in [1.807, 2.05) is 0 Å². The molecule has 7 heterocycles. The molecular formula is C30H30F3N7O2S. The fraction of sp³-hybridized carbons (Fsp3) is 0.467. The number of aromatic nitrogens is 3. The molecule has 224 valence electrons. The number of hydrogen-bond acceptors (Lipinski definition) is 10. The van der Waals surface area contributed by atoms with Crippen LogP contribution in [0.25, 0.3) is 32.2 Å². The van der Waals surface area contributed by atoms with Gasteiger partial charge in [-0.25, -0.2) is 13.2 Å². The summed E-state index contributed by atoms with van der Waals surface area (Å²) in [4.78, 5) is 22.2. The molecule has 9 nitrogen and oxygen atoms in total. The predicted octanol–water partition coefficient (Wildman–Crippen LogP) is 5.01. The van der Waals surface area contributed by atoms with E-state index in [2.05, 4.69) is 24.8 Å². The Morgan fingerprint density at radius 2 is 2.02 bits per heavy atom. The monoisotopic (exact) mass is 609 g/mol. The quantitative estimate of drug-likeness (QED) is 0.305. The molecule has 8 rings (SSSR count). The molecule has 13 heteroatoms. The number of aliphatic imine (C=N–C) groups is 1. The summed E-state index contributed by atoms with van der Waals surface area (Å²) in [7, 11) is 1.59. The molecule has 0 spiro atoms. The van der Waals surface area contributed by atoms with Gasteiger partial charge < -0.3 is 20.1 Å². The Kier molecular flexibility index (Phi) is 6.28. The molecule has 4 aromatic rings. The Bertz CT molecular complexity index is 1830. The standard InChI is InChI=1S/C30H30F3N7O2S/c1-35-9-16-21-24(36-10-19(32)26(21)43-27(16)34)20-17-12-41-13-18(17)22-25(23(20)33)37-29(38-28(22)39-5-3-6-39)42-14-30-4-2-7-40(30)11-15(31)8-30/h9-10,15H,2-8,11-14,34H2,1H3/b35-9+/t15-,30+/m1/s1. The van der Waals surface area contributed by atoms with Gasteiger partial charge in [0.15, 0.2) is 11.6 Å². The normalized spacial score (nSPS) is 23.5. The van der Waals surface area contributed by atoms with E-state index in [0.717, 1.165) is 62.0 Å². The number of nitrogens with two attached hydrogens (primary N) is 1. The first-order valence-corrected chi connectivity index (χ1v) is 15.4. The Morgan fingerprint density at radius 1 is 1.19 bits per heavy atom. The largest absolute Gasteiger partial charge is 0.461 e. The van der Waals surface area contributed by atoms with Crippen molar-refractivity contribution in [3.8, 4) is 17.3 Å². The number of halogens is 3. The highest BCUT2D eigenvalue weighted by Gasteiger charge is 2.49. The SMILES string of the molecule is C/N=C/c1c(N)sc2c(F)cnc(-c3c4c(c5c(N6CCC6)nc(OC[C@@]67CCCN6C[C@H](F)C7)nc5c3F)COC4)c12. The topological polar surface area (TPSA) is 102 Å². The third-order valence-corrected chi connectivity index (χ3v) is 10.4. The molecule has 2 atom stereocenters. The summed E-state index contributed by atoms with van der Waals surface area (Å²) in [5, 5.41) is 1.35. The second-order valence-corrected chi connectivity index (χ2v) is 12.9. The first-order valence-electron chi connectivity index (χ1n) is 14.6. The third-order valence-electron chi connectivity index (χ3n) is 9.37. The van der Waals surface area contributed by atoms with Crippen LogP contribution in [-0.4, -0.2) is 77.6 Å². The molecule has 2 N–H and O–H groups in total. The Morgan fingerprint density at radius 3 is 2.81 bits per heavy atom. The van der Waals surface area contributed by atoms with Crippen molar-refractivity contribution < 1.29 is 22.6 Å². The Labute approximate surface area is 249 Å². The van der Waals surface area contributed by atoms with Crippen LogP contribution in [0.15, 0.2) is 11.2 Å². The highest BCUT2D eigenvalue weighted by Crippen LogP contribution is 2.47. The van der Waals surface area contributed by atoms with Crippen molar-refractivity contribution in [2.75, 3.05) is 50.5 Å². The van der Waals surface area contributed by atoms with E-state index in [9.17, 15) is 8.78 Å². The van der Waals surface area contributed by atoms with E-state index in [4.69, 9.17) is 20.2 Å². The fourth-order valence-corrected chi connectivity index (χ4v) is 8.21. The molecule has 0 aliphatic carbocycles. The average Bonchev–Trinajstić information content (AvgIpc) is 3.72. The first kappa shape index (κ1) is 27.0. The zero-order valence-corrected chi connectivity index (χ0v) is 24.4. The Hall–Kier alpha value is -3.55. The van der Waals surface area contributed by atoms with Gasteiger partial charge in [-0.05, 0) is 36.9 Å². The van der Waals surface area contributed by atoms with Crippen LogP contribution in [0, 0.1) is 11.6 Å². The van der Waals surface area contributed by atoms with E-state index >= 15 is 4.39 Å². The van der Waals surface area contributed by atoms with E-state index in [0.29, 0.717) is 45.7 Å². The predicted molar refractivity (Wildman–Crippen MR) is 160 cm³/mol. The van der Waals surface area contributed by atoms with Crippen molar-refractivity contribution >= 4 is 49.4 Å². The van der Waals surface area contributed by atoms with Gasteiger partial charge in [0.2, 0.25) is 0 Å². The number of anilines is 2. The number of nitrogens with zero attached hydrogens (tertiary/aromatic N) is 6. The lowest BCUT2D eigenvalue weighted by Gasteiger charge is -2.34. The number of nitrogen functional groups attached to an aromatic ring is 1. The number of fused-ring (bicyclic) bond motifs is 5. The minimum Gasteiger partial charge on any atom is -0.461 e. The summed E-state index contributed by atoms with van der Waals surface area (Å²) in [6.07, 6.45) is 4.96. The molecule has 4 aliphatic heterocycles. The minimum atomic E-state index is -0.894. The molecule has 0 unspecified atom stereocenters. The second kappa shape index (κ2) is 10.00. The third kappa shape index (κ3) is 4.04. The molecule has 3 aromatic heterocycles. The van der Waals surface area contributed by atoms with Crippen molar-refractivity contribution in [1.29, 1.82) is 0 Å². The van der Waals surface area contributed by atoms with Crippen molar-refractivity contribution in [3.05, 3.63) is 34.5 Å². The van der Waals surface area contributed by atoms with Crippen LogP contribution in [0.1, 0.15) is 42.4 Å². The lowest BCUT2D eigenvalue weighted by Crippen LogP contribution is -2.43. The smallest absolute Gasteiger partial charge is 0.319 e. The molecule has 0 amide bonds. The van der Waals surface area contributed by atoms with Crippen LogP contribution < -0.4 is 15.4 Å². The molecule has 4 aliphatic rings. The van der Waals surface area contributed by atoms with Gasteiger partial charge in [-0.15, -0.1) is 11.3 Å². The molecule has 43 heavy (non-hydrogen) atoms. The van der Waals surface area contributed by atoms with Gasteiger partial charge in [0.25, 0.3) is 0 Å². The first-order chi connectivity index (χ1) is 20.9. The van der Waals surface area contributed by atoms with E-state index < -0.39 is 23.3 Å². The molecule has 1 aromatic carbocycles. The van der Waals surface area contributed by atoms with Crippen LogP contribution in [0.2, 0.25) is 0 Å². The van der Waals surface area contributed by atoms with Gasteiger partial charge in [-0.2, -0.15) is 9.97 Å². The number of hydrogen-bond donors (Lipinski definition) is 1. The fourth-order valence-electron chi connectivity index (χ4n) is 7.26. The maximum Gasteiger partial charge on any atom is 0.319 e. The molecular weight excluding hydrogens is 579 g/mol. The number of alkyl halides is 1. The van der Waals surface area contributed by atoms with E-state index in [1.54, 1.807) is 13.3 Å². The van der Waals surface area contributed by atoms with Crippen LogP contribution in [0.3, 0.4) is 0 Å². The van der Waals surface area contributed by atoms with Crippen LogP contribution in [0.4, 0.5) is 24.0 Å². The number of rotatable bonds is 6. The summed E-state index contributed by atoms with van der Waals surface area (Å²) < 4.78 is 58.8. The van der Waals surface area contributed by atoms with E-state index in [1.165, 1.54) is 0 Å². The lowest BCUT2D eigenvalue weighted by atomic mass is 9.93. The summed E-state index contributed by atoms with van der Waals surface area (Å²) in [5.74, 6) is -0.547. The summed E-state index contributed by atoms with van der Waals surface area (Å²) >= 11 is 1.08. The van der Waals surface area contributed by atoms with Crippen molar-refractivity contribution in [1.82, 2.24) is 19.9 Å². The van der Waals surface area contributed by atoms with Gasteiger partial charge in [0.1, 0.15) is 24.1 Å². The lowest BCUT2D eigenvalue weighted by molar-refractivity contribution is 0.107. The van der Waals surface area contributed by atoms with Crippen LogP contribution in [0.5, 0.6) is 6.01 Å². The second-order valence-electron chi connectivity index (χ2n) is 11.8. The zero-order valence-electron chi connectivity index (χ0n) is 23.6. The highest BCUT2D eigenvalue weighted by atomic mass is 32.1. The highest BCUT2D eigenvalue weighted by molar-refractivity contribution is 7.23. The van der Waals surface area contributed by atoms with Gasteiger partial charge in [0, 0.05) is 55.8 Å². The number of benzene rings is 1. The summed E-state index contributed by atoms with van der Waals surface area (Å²) in [5.41, 5.74) is 8.32. The summed E-state index contributed by atoms with van der Waals surface area (Å²) in [6, 6.07) is 0.0532. The van der Waals surface area contributed by atoms with Crippen LogP contribution >= 0.6 is 11.3 Å². The molecule has 0 saturated carbocycles. The minimum absolute atomic E-state index is 0.0532. The zero-order chi connectivity index (χ0) is 29.5. The number of ether oxygens (including phenoxy) is 2. The summed E-state index contributed by atoms with van der Waals surface area (Å²) in [6.45, 7) is 3.44. The van der Waals surface area contributed by atoms with Crippen molar-refractivity contribution in [2.45, 2.75) is 50.6 Å². The molecule has 3 saturated heterocycles. The molecule has 0 radical (unpaired) electrons. The maximum absolute atomic E-state index is 17.0. The van der Waals surface area contributed by atoms with Crippen molar-refractivity contribution in [3.63, 3.8) is 0 Å². The maximum atomic E-state index is 17.0. The van der Waals surface area contributed by atoms with Gasteiger partial charge >= 0.3 is 6.01 Å². The number of thiophene rings is 1. The molecule has 3 fully saturated rings. The average molecular weight is 610 g/mol.